The van der Waals surface area contributed by atoms with Crippen LogP contribution in [0.3, 0.4) is 0 Å². The number of sulfonamides is 1. The van der Waals surface area contributed by atoms with Crippen molar-refractivity contribution in [3.63, 3.8) is 0 Å². The van der Waals surface area contributed by atoms with Gasteiger partial charge in [0.15, 0.2) is 0 Å². The summed E-state index contributed by atoms with van der Waals surface area (Å²) in [6.45, 7) is 0.171. The number of benzene rings is 1. The first-order valence-corrected chi connectivity index (χ1v) is 7.55. The van der Waals surface area contributed by atoms with Gasteiger partial charge in [-0.15, -0.1) is 12.4 Å². The topological polar surface area (TPSA) is 72.2 Å². The van der Waals surface area contributed by atoms with Crippen molar-refractivity contribution in [2.24, 2.45) is 5.73 Å². The summed E-state index contributed by atoms with van der Waals surface area (Å²) >= 11 is 0. The van der Waals surface area contributed by atoms with Crippen molar-refractivity contribution in [2.45, 2.75) is 36.1 Å². The number of hydrogen-bond acceptors (Lipinski definition) is 3. The molecule has 0 saturated heterocycles. The third kappa shape index (κ3) is 3.66. The van der Waals surface area contributed by atoms with Gasteiger partial charge in [-0.2, -0.15) is 0 Å². The number of nitrogens with two attached hydrogens (primary N) is 1. The second-order valence-electron chi connectivity index (χ2n) is 4.90. The van der Waals surface area contributed by atoms with E-state index in [1.165, 1.54) is 0 Å². The van der Waals surface area contributed by atoms with Gasteiger partial charge in [0.25, 0.3) is 0 Å². The summed E-state index contributed by atoms with van der Waals surface area (Å²) in [5.74, 6) is -1.85. The Morgan fingerprint density at radius 3 is 2.10 bits per heavy atom. The van der Waals surface area contributed by atoms with Crippen molar-refractivity contribution in [2.75, 3.05) is 6.54 Å². The third-order valence-electron chi connectivity index (χ3n) is 3.45. The second kappa shape index (κ2) is 6.34. The molecule has 0 aromatic heterocycles. The number of halogens is 3. The highest BCUT2D eigenvalue weighted by molar-refractivity contribution is 7.89. The zero-order chi connectivity index (χ0) is 14.1. The lowest BCUT2D eigenvalue weighted by atomic mass is 10.0. The monoisotopic (exact) mass is 326 g/mol. The van der Waals surface area contributed by atoms with Crippen LogP contribution in [0.15, 0.2) is 23.1 Å². The molecule has 2 rings (SSSR count). The molecule has 1 aliphatic carbocycles. The average molecular weight is 327 g/mol. The molecule has 3 N–H and O–H groups in total. The van der Waals surface area contributed by atoms with Crippen LogP contribution in [0, 0.1) is 11.6 Å². The Labute approximate surface area is 123 Å². The van der Waals surface area contributed by atoms with Crippen LogP contribution >= 0.6 is 12.4 Å². The summed E-state index contributed by atoms with van der Waals surface area (Å²) < 4.78 is 53.0. The fraction of sp³-hybridized carbons (Fsp3) is 0.500. The van der Waals surface area contributed by atoms with Gasteiger partial charge >= 0.3 is 0 Å². The van der Waals surface area contributed by atoms with Crippen molar-refractivity contribution >= 4 is 22.4 Å². The number of hydrogen-bond donors (Lipinski definition) is 2. The highest BCUT2D eigenvalue weighted by Crippen LogP contribution is 2.30. The van der Waals surface area contributed by atoms with Crippen LogP contribution in [0.25, 0.3) is 0 Å². The third-order valence-corrected chi connectivity index (χ3v) is 5.01. The molecule has 0 radical (unpaired) electrons. The minimum atomic E-state index is -3.97. The Morgan fingerprint density at radius 2 is 1.65 bits per heavy atom. The average Bonchev–Trinajstić information content (AvgIpc) is 2.76. The summed E-state index contributed by atoms with van der Waals surface area (Å²) in [6, 6.07) is 2.22. The SMILES string of the molecule is Cl.NCC1(NS(=O)(=O)c2cc(F)cc(F)c2)CCCC1. The standard InChI is InChI=1S/C12H16F2N2O2S.ClH/c13-9-5-10(14)7-11(6-9)19(17,18)16-12(8-15)3-1-2-4-12;/h5-7,16H,1-4,8,15H2;1H. The molecule has 8 heteroatoms. The van der Waals surface area contributed by atoms with E-state index in [4.69, 9.17) is 5.73 Å². The highest BCUT2D eigenvalue weighted by Gasteiger charge is 2.37. The molecule has 1 fully saturated rings. The summed E-state index contributed by atoms with van der Waals surface area (Å²) in [5, 5.41) is 0. The highest BCUT2D eigenvalue weighted by atomic mass is 35.5. The van der Waals surface area contributed by atoms with Crippen LogP contribution in [-0.4, -0.2) is 20.5 Å². The molecule has 20 heavy (non-hydrogen) atoms. The van der Waals surface area contributed by atoms with Crippen molar-refractivity contribution < 1.29 is 17.2 Å². The lowest BCUT2D eigenvalue weighted by Crippen LogP contribution is -2.51. The van der Waals surface area contributed by atoms with Gasteiger partial charge in [-0.1, -0.05) is 12.8 Å². The summed E-state index contributed by atoms with van der Waals surface area (Å²) in [6.07, 6.45) is 3.05. The second-order valence-corrected chi connectivity index (χ2v) is 6.58. The maximum absolute atomic E-state index is 13.1. The molecule has 0 atom stereocenters. The van der Waals surface area contributed by atoms with E-state index in [1.807, 2.05) is 0 Å². The predicted octanol–water partition coefficient (Wildman–Crippen LogP) is 1.94. The van der Waals surface area contributed by atoms with Crippen LogP contribution in [-0.2, 0) is 10.0 Å². The van der Waals surface area contributed by atoms with Crippen molar-refractivity contribution in [1.82, 2.24) is 4.72 Å². The molecule has 1 aromatic rings. The number of nitrogens with one attached hydrogen (secondary N) is 1. The van der Waals surface area contributed by atoms with Crippen molar-refractivity contribution in [3.8, 4) is 0 Å². The van der Waals surface area contributed by atoms with E-state index in [-0.39, 0.29) is 19.0 Å². The lowest BCUT2D eigenvalue weighted by Gasteiger charge is -2.28. The van der Waals surface area contributed by atoms with E-state index in [1.54, 1.807) is 0 Å². The summed E-state index contributed by atoms with van der Waals surface area (Å²) in [4.78, 5) is -0.412. The Morgan fingerprint density at radius 1 is 1.15 bits per heavy atom. The molecular weight excluding hydrogens is 310 g/mol. The first-order chi connectivity index (χ1) is 8.87. The van der Waals surface area contributed by atoms with Gasteiger partial charge in [0.2, 0.25) is 10.0 Å². The van der Waals surface area contributed by atoms with Gasteiger partial charge in [-0.05, 0) is 25.0 Å². The van der Waals surface area contributed by atoms with Crippen LogP contribution in [0.5, 0.6) is 0 Å². The molecule has 1 saturated carbocycles. The van der Waals surface area contributed by atoms with Gasteiger partial charge in [0.1, 0.15) is 11.6 Å². The first kappa shape index (κ1) is 17.3. The van der Waals surface area contributed by atoms with E-state index in [9.17, 15) is 17.2 Å². The quantitative estimate of drug-likeness (QED) is 0.888. The Hall–Kier alpha value is -0.760. The van der Waals surface area contributed by atoms with Gasteiger partial charge in [0, 0.05) is 18.2 Å². The maximum Gasteiger partial charge on any atom is 0.241 e. The molecular formula is C12H17ClF2N2O2S. The van der Waals surface area contributed by atoms with Crippen molar-refractivity contribution in [1.29, 1.82) is 0 Å². The summed E-state index contributed by atoms with van der Waals surface area (Å²) in [7, 11) is -3.97. The minimum Gasteiger partial charge on any atom is -0.329 e. The van der Waals surface area contributed by atoms with Crippen LogP contribution in [0.2, 0.25) is 0 Å². The molecule has 4 nitrogen and oxygen atoms in total. The fourth-order valence-electron chi connectivity index (χ4n) is 2.43. The molecule has 1 aliphatic rings. The maximum atomic E-state index is 13.1. The molecule has 0 spiro atoms. The Balaban J connectivity index is 0.00000200. The van der Waals surface area contributed by atoms with Gasteiger partial charge < -0.3 is 5.73 Å². The first-order valence-electron chi connectivity index (χ1n) is 6.07. The molecule has 0 amide bonds. The number of rotatable bonds is 4. The molecule has 114 valence electrons. The van der Waals surface area contributed by atoms with E-state index >= 15 is 0 Å². The normalized spacial score (nSPS) is 17.8. The van der Waals surface area contributed by atoms with Crippen molar-refractivity contribution in [3.05, 3.63) is 29.8 Å². The van der Waals surface area contributed by atoms with Crippen LogP contribution < -0.4 is 10.5 Å². The Kier molecular flexibility index (Phi) is 5.48. The van der Waals surface area contributed by atoms with E-state index in [0.29, 0.717) is 18.9 Å². The molecule has 0 bridgehead atoms. The van der Waals surface area contributed by atoms with Gasteiger partial charge in [0.05, 0.1) is 4.90 Å². The van der Waals surface area contributed by atoms with Gasteiger partial charge in [-0.3, -0.25) is 0 Å². The van der Waals surface area contributed by atoms with E-state index in [2.05, 4.69) is 4.72 Å². The molecule has 0 aliphatic heterocycles. The van der Waals surface area contributed by atoms with Gasteiger partial charge in [-0.25, -0.2) is 21.9 Å². The van der Waals surface area contributed by atoms with Crippen LogP contribution in [0.4, 0.5) is 8.78 Å². The molecule has 0 heterocycles. The fourth-order valence-corrected chi connectivity index (χ4v) is 3.94. The largest absolute Gasteiger partial charge is 0.329 e. The molecule has 0 unspecified atom stereocenters. The predicted molar refractivity (Wildman–Crippen MR) is 74.2 cm³/mol. The lowest BCUT2D eigenvalue weighted by molar-refractivity contribution is 0.399. The minimum absolute atomic E-state index is 0. The summed E-state index contributed by atoms with van der Waals surface area (Å²) in [5.41, 5.74) is 4.95. The van der Waals surface area contributed by atoms with E-state index in [0.717, 1.165) is 25.0 Å². The zero-order valence-electron chi connectivity index (χ0n) is 10.7. The molecule has 1 aromatic carbocycles. The van der Waals surface area contributed by atoms with E-state index < -0.39 is 32.1 Å². The zero-order valence-corrected chi connectivity index (χ0v) is 12.4. The Bertz CT molecular complexity index is 555. The smallest absolute Gasteiger partial charge is 0.241 e. The van der Waals surface area contributed by atoms with Crippen LogP contribution in [0.1, 0.15) is 25.7 Å².